The maximum Gasteiger partial charge on any atom is 0.249 e. The fraction of sp³-hybridized carbons (Fsp3) is 0.471. The Hall–Kier alpha value is -1.83. The maximum atomic E-state index is 12.2. The highest BCUT2D eigenvalue weighted by atomic mass is 32.1. The van der Waals surface area contributed by atoms with Crippen molar-refractivity contribution >= 4 is 17.2 Å². The lowest BCUT2D eigenvalue weighted by molar-refractivity contribution is -0.162. The first-order valence-electron chi connectivity index (χ1n) is 8.16. The van der Waals surface area contributed by atoms with Crippen LogP contribution in [0.1, 0.15) is 17.0 Å². The number of carbonyl (C=O) groups excluding carboxylic acids is 1. The molecule has 1 unspecified atom stereocenters. The summed E-state index contributed by atoms with van der Waals surface area (Å²) in [6, 6.07) is 10.1. The van der Waals surface area contributed by atoms with Crippen LogP contribution in [0.2, 0.25) is 0 Å². The molecule has 2 aromatic rings. The smallest absolute Gasteiger partial charge is 0.249 e. The lowest BCUT2D eigenvalue weighted by atomic mass is 10.00. The lowest BCUT2D eigenvalue weighted by Gasteiger charge is -2.40. The topological polar surface area (TPSA) is 58.6 Å². The summed E-state index contributed by atoms with van der Waals surface area (Å²) in [5, 5.41) is 9.04. The van der Waals surface area contributed by atoms with Crippen molar-refractivity contribution in [1.29, 1.82) is 0 Å². The Morgan fingerprint density at radius 2 is 2.08 bits per heavy atom. The Morgan fingerprint density at radius 3 is 2.88 bits per heavy atom. The van der Waals surface area contributed by atoms with E-state index in [0.29, 0.717) is 13.1 Å². The zero-order valence-electron chi connectivity index (χ0n) is 13.4. The minimum atomic E-state index is -0.243. The monoisotopic (exact) mass is 344 g/mol. The molecule has 2 fully saturated rings. The van der Waals surface area contributed by atoms with Gasteiger partial charge in [-0.25, -0.2) is 0 Å². The van der Waals surface area contributed by atoms with Gasteiger partial charge in [-0.15, -0.1) is 21.5 Å². The molecule has 0 bridgehead atoms. The number of amides is 1. The lowest BCUT2D eigenvalue weighted by Crippen LogP contribution is -2.55. The van der Waals surface area contributed by atoms with Crippen molar-refractivity contribution in [2.75, 3.05) is 26.2 Å². The molecule has 24 heavy (non-hydrogen) atoms. The minimum absolute atomic E-state index is 0.0760. The summed E-state index contributed by atoms with van der Waals surface area (Å²) in [5.41, 5.74) is 2.68. The summed E-state index contributed by atoms with van der Waals surface area (Å²) < 4.78 is 5.99. The molecule has 0 saturated carbocycles. The molecule has 6 nitrogen and oxygen atoms in total. The number of carbonyl (C=O) groups is 1. The third-order valence-electron chi connectivity index (χ3n) is 4.71. The van der Waals surface area contributed by atoms with Crippen LogP contribution in [0.3, 0.4) is 0 Å². The van der Waals surface area contributed by atoms with Crippen LogP contribution < -0.4 is 0 Å². The predicted octanol–water partition coefficient (Wildman–Crippen LogP) is 1.54. The fourth-order valence-corrected chi connectivity index (χ4v) is 4.07. The first-order chi connectivity index (χ1) is 11.7. The summed E-state index contributed by atoms with van der Waals surface area (Å²) in [6.07, 6.45) is 0.949. The van der Waals surface area contributed by atoms with Crippen LogP contribution in [-0.4, -0.2) is 57.7 Å². The van der Waals surface area contributed by atoms with Gasteiger partial charge >= 0.3 is 0 Å². The normalized spacial score (nSPS) is 24.8. The van der Waals surface area contributed by atoms with Crippen molar-refractivity contribution in [2.24, 2.45) is 0 Å². The van der Waals surface area contributed by atoms with Gasteiger partial charge < -0.3 is 9.64 Å². The van der Waals surface area contributed by atoms with Gasteiger partial charge in [0.05, 0.1) is 13.1 Å². The van der Waals surface area contributed by atoms with E-state index in [-0.39, 0.29) is 18.1 Å². The second kappa shape index (κ2) is 6.58. The number of hydrogen-bond donors (Lipinski definition) is 0. The molecule has 0 N–H and O–H groups in total. The number of morpholine rings is 1. The van der Waals surface area contributed by atoms with E-state index in [1.54, 1.807) is 16.8 Å². The molecule has 1 atom stereocenters. The van der Waals surface area contributed by atoms with Gasteiger partial charge in [0.2, 0.25) is 5.91 Å². The average molecular weight is 344 g/mol. The average Bonchev–Trinajstić information content (AvgIpc) is 3.23. The summed E-state index contributed by atoms with van der Waals surface area (Å²) in [4.78, 5) is 16.5. The summed E-state index contributed by atoms with van der Waals surface area (Å²) in [5.74, 6) is 0.0760. The van der Waals surface area contributed by atoms with E-state index in [1.165, 1.54) is 0 Å². The number of rotatable bonds is 4. The number of nitrogens with zero attached hydrogens (tertiary/aromatic N) is 4. The van der Waals surface area contributed by atoms with Crippen LogP contribution in [0.25, 0.3) is 0 Å². The SMILES string of the molecule is O=C1COC2(CCN(Cc3nncs3)C2)CN1Cc1ccccc1. The Morgan fingerprint density at radius 1 is 1.21 bits per heavy atom. The van der Waals surface area contributed by atoms with Crippen molar-refractivity contribution in [3.8, 4) is 0 Å². The first kappa shape index (κ1) is 15.7. The maximum absolute atomic E-state index is 12.2. The van der Waals surface area contributed by atoms with Crippen LogP contribution in [0.5, 0.6) is 0 Å². The quantitative estimate of drug-likeness (QED) is 0.842. The summed E-state index contributed by atoms with van der Waals surface area (Å²) in [6.45, 7) is 4.11. The Labute approximate surface area is 145 Å². The third kappa shape index (κ3) is 3.33. The highest BCUT2D eigenvalue weighted by Gasteiger charge is 2.45. The van der Waals surface area contributed by atoms with Gasteiger partial charge in [-0.3, -0.25) is 9.69 Å². The van der Waals surface area contributed by atoms with Gasteiger partial charge in [-0.05, 0) is 12.0 Å². The standard InChI is InChI=1S/C17H20N4O2S/c22-16-10-23-17(12-21(16)8-14-4-2-1-3-5-14)6-7-20(11-17)9-15-19-18-13-24-15/h1-5,13H,6-12H2. The van der Waals surface area contributed by atoms with Gasteiger partial charge in [0.1, 0.15) is 22.7 Å². The number of benzene rings is 1. The molecule has 2 aliphatic heterocycles. The van der Waals surface area contributed by atoms with Crippen LogP contribution in [0.15, 0.2) is 35.8 Å². The highest BCUT2D eigenvalue weighted by Crippen LogP contribution is 2.31. The van der Waals surface area contributed by atoms with Crippen LogP contribution in [0, 0.1) is 0 Å². The molecule has 1 aromatic heterocycles. The minimum Gasteiger partial charge on any atom is -0.362 e. The zero-order valence-corrected chi connectivity index (χ0v) is 14.2. The fourth-order valence-electron chi connectivity index (χ4n) is 3.50. The van der Waals surface area contributed by atoms with Gasteiger partial charge in [0, 0.05) is 19.6 Å². The van der Waals surface area contributed by atoms with E-state index in [0.717, 1.165) is 36.6 Å². The third-order valence-corrected chi connectivity index (χ3v) is 5.39. The van der Waals surface area contributed by atoms with Gasteiger partial charge in [-0.2, -0.15) is 0 Å². The second-order valence-corrected chi connectivity index (χ2v) is 7.42. The van der Waals surface area contributed by atoms with E-state index in [1.807, 2.05) is 23.1 Å². The molecule has 7 heteroatoms. The van der Waals surface area contributed by atoms with Crippen LogP contribution in [-0.2, 0) is 22.6 Å². The van der Waals surface area contributed by atoms with E-state index >= 15 is 0 Å². The van der Waals surface area contributed by atoms with Gasteiger partial charge in [0.25, 0.3) is 0 Å². The van der Waals surface area contributed by atoms with Crippen molar-refractivity contribution < 1.29 is 9.53 Å². The molecule has 4 rings (SSSR count). The van der Waals surface area contributed by atoms with Crippen LogP contribution in [0.4, 0.5) is 0 Å². The molecule has 2 aliphatic rings. The predicted molar refractivity (Wildman–Crippen MR) is 90.3 cm³/mol. The molecule has 0 aliphatic carbocycles. The number of aromatic nitrogens is 2. The van der Waals surface area contributed by atoms with Crippen LogP contribution >= 0.6 is 11.3 Å². The van der Waals surface area contributed by atoms with E-state index in [4.69, 9.17) is 4.74 Å². The Kier molecular flexibility index (Phi) is 4.30. The van der Waals surface area contributed by atoms with E-state index in [9.17, 15) is 4.79 Å². The largest absolute Gasteiger partial charge is 0.362 e. The number of ether oxygens (including phenoxy) is 1. The van der Waals surface area contributed by atoms with E-state index in [2.05, 4.69) is 27.2 Å². The van der Waals surface area contributed by atoms with Crippen molar-refractivity contribution in [3.05, 3.63) is 46.4 Å². The van der Waals surface area contributed by atoms with E-state index < -0.39 is 0 Å². The second-order valence-electron chi connectivity index (χ2n) is 6.50. The number of likely N-dealkylation sites (tertiary alicyclic amines) is 1. The summed E-state index contributed by atoms with van der Waals surface area (Å²) >= 11 is 1.58. The van der Waals surface area contributed by atoms with Crippen molar-refractivity contribution in [1.82, 2.24) is 20.0 Å². The molecule has 1 spiro atoms. The molecule has 3 heterocycles. The molecule has 1 aromatic carbocycles. The first-order valence-corrected chi connectivity index (χ1v) is 9.03. The Bertz CT molecular complexity index is 694. The molecule has 1 amide bonds. The van der Waals surface area contributed by atoms with Crippen molar-refractivity contribution in [2.45, 2.75) is 25.1 Å². The summed E-state index contributed by atoms with van der Waals surface area (Å²) in [7, 11) is 0. The number of hydrogen-bond acceptors (Lipinski definition) is 6. The molecular formula is C17H20N4O2S. The highest BCUT2D eigenvalue weighted by molar-refractivity contribution is 7.09. The van der Waals surface area contributed by atoms with Crippen molar-refractivity contribution in [3.63, 3.8) is 0 Å². The zero-order chi connectivity index (χ0) is 16.4. The molecule has 0 radical (unpaired) electrons. The molecule has 126 valence electrons. The Balaban J connectivity index is 1.41. The molecule has 2 saturated heterocycles. The van der Waals surface area contributed by atoms with Gasteiger partial charge in [0.15, 0.2) is 0 Å². The molecular weight excluding hydrogens is 324 g/mol. The van der Waals surface area contributed by atoms with Gasteiger partial charge in [-0.1, -0.05) is 30.3 Å².